The number of rotatable bonds is 4. The summed E-state index contributed by atoms with van der Waals surface area (Å²) in [6.07, 6.45) is 0. The minimum atomic E-state index is -0.350. The summed E-state index contributed by atoms with van der Waals surface area (Å²) in [5.41, 5.74) is 4.54. The van der Waals surface area contributed by atoms with E-state index in [1.807, 2.05) is 0 Å². The Morgan fingerprint density at radius 2 is 1.70 bits per heavy atom. The van der Waals surface area contributed by atoms with Gasteiger partial charge in [-0.15, -0.1) is 0 Å². The molecule has 1 unspecified atom stereocenters. The standard InChI is InChI=1S/C17H20FNO/c1-11-7-12(2)9-14(8-11)13(3)19-15-5-6-16(18)17(10-15)20-4/h5-10,13,19H,1-4H3. The van der Waals surface area contributed by atoms with Crippen LogP contribution in [-0.4, -0.2) is 7.11 Å². The summed E-state index contributed by atoms with van der Waals surface area (Å²) < 4.78 is 18.4. The maximum atomic E-state index is 13.4. The van der Waals surface area contributed by atoms with E-state index in [-0.39, 0.29) is 17.6 Å². The predicted molar refractivity (Wildman–Crippen MR) is 80.9 cm³/mol. The van der Waals surface area contributed by atoms with E-state index in [4.69, 9.17) is 4.74 Å². The fraction of sp³-hybridized carbons (Fsp3) is 0.294. The van der Waals surface area contributed by atoms with Gasteiger partial charge in [-0.2, -0.15) is 0 Å². The second kappa shape index (κ2) is 5.95. The topological polar surface area (TPSA) is 21.3 Å². The number of nitrogens with one attached hydrogen (secondary N) is 1. The van der Waals surface area contributed by atoms with Crippen LogP contribution in [0.25, 0.3) is 0 Å². The molecule has 2 rings (SSSR count). The average molecular weight is 273 g/mol. The molecule has 2 aromatic rings. The van der Waals surface area contributed by atoms with E-state index in [9.17, 15) is 4.39 Å². The molecular weight excluding hydrogens is 253 g/mol. The highest BCUT2D eigenvalue weighted by atomic mass is 19.1. The number of hydrogen-bond donors (Lipinski definition) is 1. The fourth-order valence-electron chi connectivity index (χ4n) is 2.34. The molecule has 1 N–H and O–H groups in total. The van der Waals surface area contributed by atoms with Gasteiger partial charge in [-0.3, -0.25) is 0 Å². The van der Waals surface area contributed by atoms with Gasteiger partial charge in [0.1, 0.15) is 0 Å². The molecule has 1 atom stereocenters. The van der Waals surface area contributed by atoms with Crippen LogP contribution in [0, 0.1) is 19.7 Å². The van der Waals surface area contributed by atoms with Crippen LogP contribution < -0.4 is 10.1 Å². The fourth-order valence-corrected chi connectivity index (χ4v) is 2.34. The summed E-state index contributed by atoms with van der Waals surface area (Å²) in [5, 5.41) is 3.37. The Labute approximate surface area is 119 Å². The lowest BCUT2D eigenvalue weighted by atomic mass is 10.0. The number of benzene rings is 2. The number of ether oxygens (including phenoxy) is 1. The van der Waals surface area contributed by atoms with Gasteiger partial charge in [-0.05, 0) is 38.5 Å². The molecule has 0 aliphatic rings. The molecule has 0 amide bonds. The highest BCUT2D eigenvalue weighted by Crippen LogP contribution is 2.26. The average Bonchev–Trinajstić information content (AvgIpc) is 2.39. The molecule has 20 heavy (non-hydrogen) atoms. The van der Waals surface area contributed by atoms with Gasteiger partial charge < -0.3 is 10.1 Å². The lowest BCUT2D eigenvalue weighted by Gasteiger charge is -2.17. The third-order valence-electron chi connectivity index (χ3n) is 3.28. The summed E-state index contributed by atoms with van der Waals surface area (Å²) in [7, 11) is 1.47. The third kappa shape index (κ3) is 3.29. The predicted octanol–water partition coefficient (Wildman–Crippen LogP) is 4.62. The van der Waals surface area contributed by atoms with Crippen LogP contribution in [0.4, 0.5) is 10.1 Å². The zero-order valence-electron chi connectivity index (χ0n) is 12.3. The minimum absolute atomic E-state index is 0.142. The van der Waals surface area contributed by atoms with Gasteiger partial charge in [0.25, 0.3) is 0 Å². The highest BCUT2D eigenvalue weighted by molar-refractivity contribution is 5.50. The van der Waals surface area contributed by atoms with Crippen molar-refractivity contribution >= 4 is 5.69 Å². The number of aryl methyl sites for hydroxylation is 2. The van der Waals surface area contributed by atoms with Crippen molar-refractivity contribution in [3.8, 4) is 5.75 Å². The molecule has 2 aromatic carbocycles. The first-order valence-corrected chi connectivity index (χ1v) is 6.68. The van der Waals surface area contributed by atoms with Crippen molar-refractivity contribution in [3.05, 3.63) is 58.9 Å². The minimum Gasteiger partial charge on any atom is -0.494 e. The Kier molecular flexibility index (Phi) is 4.28. The lowest BCUT2D eigenvalue weighted by molar-refractivity contribution is 0.387. The van der Waals surface area contributed by atoms with E-state index in [0.29, 0.717) is 0 Å². The van der Waals surface area contributed by atoms with Gasteiger partial charge in [-0.25, -0.2) is 4.39 Å². The molecule has 0 aliphatic heterocycles. The summed E-state index contributed by atoms with van der Waals surface area (Å²) in [6, 6.07) is 11.4. The molecule has 0 radical (unpaired) electrons. The SMILES string of the molecule is COc1cc(NC(C)c2cc(C)cc(C)c2)ccc1F. The monoisotopic (exact) mass is 273 g/mol. The number of methoxy groups -OCH3 is 1. The van der Waals surface area contributed by atoms with Gasteiger partial charge in [0.05, 0.1) is 7.11 Å². The molecule has 0 fully saturated rings. The Morgan fingerprint density at radius 3 is 2.30 bits per heavy atom. The Hall–Kier alpha value is -2.03. The van der Waals surface area contributed by atoms with Crippen LogP contribution in [0.5, 0.6) is 5.75 Å². The summed E-state index contributed by atoms with van der Waals surface area (Å²) in [6.45, 7) is 6.26. The van der Waals surface area contributed by atoms with Crippen LogP contribution in [-0.2, 0) is 0 Å². The molecule has 0 spiro atoms. The molecule has 0 aliphatic carbocycles. The Morgan fingerprint density at radius 1 is 1.05 bits per heavy atom. The third-order valence-corrected chi connectivity index (χ3v) is 3.28. The molecule has 0 aromatic heterocycles. The second-order valence-corrected chi connectivity index (χ2v) is 5.14. The smallest absolute Gasteiger partial charge is 0.165 e. The summed E-state index contributed by atoms with van der Waals surface area (Å²) in [4.78, 5) is 0. The zero-order chi connectivity index (χ0) is 14.7. The van der Waals surface area contributed by atoms with Crippen molar-refractivity contribution in [2.45, 2.75) is 26.8 Å². The van der Waals surface area contributed by atoms with E-state index >= 15 is 0 Å². The van der Waals surface area contributed by atoms with Crippen molar-refractivity contribution < 1.29 is 9.13 Å². The van der Waals surface area contributed by atoms with Gasteiger partial charge in [0.15, 0.2) is 11.6 Å². The highest BCUT2D eigenvalue weighted by Gasteiger charge is 2.09. The number of halogens is 1. The zero-order valence-corrected chi connectivity index (χ0v) is 12.3. The molecule has 106 valence electrons. The first-order chi connectivity index (χ1) is 9.49. The molecule has 0 saturated carbocycles. The van der Waals surface area contributed by atoms with Crippen molar-refractivity contribution in [3.63, 3.8) is 0 Å². The normalized spacial score (nSPS) is 12.1. The quantitative estimate of drug-likeness (QED) is 0.877. The van der Waals surface area contributed by atoms with Crippen LogP contribution in [0.1, 0.15) is 29.7 Å². The van der Waals surface area contributed by atoms with E-state index in [0.717, 1.165) is 5.69 Å². The van der Waals surface area contributed by atoms with Gasteiger partial charge in [0.2, 0.25) is 0 Å². The van der Waals surface area contributed by atoms with Crippen molar-refractivity contribution in [2.75, 3.05) is 12.4 Å². The first kappa shape index (κ1) is 14.4. The van der Waals surface area contributed by atoms with Crippen molar-refractivity contribution in [1.29, 1.82) is 0 Å². The molecule has 3 heteroatoms. The molecule has 0 saturated heterocycles. The summed E-state index contributed by atoms with van der Waals surface area (Å²) >= 11 is 0. The molecule has 0 heterocycles. The first-order valence-electron chi connectivity index (χ1n) is 6.68. The van der Waals surface area contributed by atoms with Crippen LogP contribution >= 0.6 is 0 Å². The van der Waals surface area contributed by atoms with Gasteiger partial charge in [-0.1, -0.05) is 29.3 Å². The van der Waals surface area contributed by atoms with E-state index in [1.54, 1.807) is 12.1 Å². The largest absolute Gasteiger partial charge is 0.494 e. The van der Waals surface area contributed by atoms with E-state index in [1.165, 1.54) is 29.9 Å². The Balaban J connectivity index is 2.20. The van der Waals surface area contributed by atoms with Crippen LogP contribution in [0.3, 0.4) is 0 Å². The molecule has 2 nitrogen and oxygen atoms in total. The lowest BCUT2D eigenvalue weighted by Crippen LogP contribution is -2.07. The van der Waals surface area contributed by atoms with Crippen LogP contribution in [0.2, 0.25) is 0 Å². The van der Waals surface area contributed by atoms with Crippen molar-refractivity contribution in [2.24, 2.45) is 0 Å². The summed E-state index contributed by atoms with van der Waals surface area (Å²) in [5.74, 6) is -0.0975. The van der Waals surface area contributed by atoms with Gasteiger partial charge >= 0.3 is 0 Å². The van der Waals surface area contributed by atoms with E-state index in [2.05, 4.69) is 44.3 Å². The second-order valence-electron chi connectivity index (χ2n) is 5.14. The maximum absolute atomic E-state index is 13.4. The molecular formula is C17H20FNO. The van der Waals surface area contributed by atoms with Crippen molar-refractivity contribution in [1.82, 2.24) is 0 Å². The van der Waals surface area contributed by atoms with Gasteiger partial charge in [0, 0.05) is 17.8 Å². The molecule has 0 bridgehead atoms. The number of hydrogen-bond acceptors (Lipinski definition) is 2. The van der Waals surface area contributed by atoms with Crippen LogP contribution in [0.15, 0.2) is 36.4 Å². The Bertz CT molecular complexity index is 590. The maximum Gasteiger partial charge on any atom is 0.165 e. The van der Waals surface area contributed by atoms with E-state index < -0.39 is 0 Å². The number of anilines is 1.